The van der Waals surface area contributed by atoms with Crippen LogP contribution in [0.3, 0.4) is 0 Å². The maximum absolute atomic E-state index is 13.0. The van der Waals surface area contributed by atoms with Crippen molar-refractivity contribution in [3.63, 3.8) is 0 Å². The molecule has 0 aromatic heterocycles. The zero-order valence-electron chi connectivity index (χ0n) is 18.0. The lowest BCUT2D eigenvalue weighted by atomic mass is 10.2. The molecule has 1 saturated heterocycles. The number of nitrogens with zero attached hydrogens (tertiary/aromatic N) is 2. The van der Waals surface area contributed by atoms with Crippen molar-refractivity contribution in [2.45, 2.75) is 46.4 Å². The van der Waals surface area contributed by atoms with Gasteiger partial charge in [-0.1, -0.05) is 29.3 Å². The molecule has 0 N–H and O–H groups in total. The van der Waals surface area contributed by atoms with E-state index in [-0.39, 0.29) is 18.0 Å². The van der Waals surface area contributed by atoms with Gasteiger partial charge in [-0.05, 0) is 121 Å². The molecule has 0 unspecified atom stereocenters. The summed E-state index contributed by atoms with van der Waals surface area (Å²) in [4.78, 5) is 20.1. The van der Waals surface area contributed by atoms with E-state index in [1.54, 1.807) is 17.0 Å². The van der Waals surface area contributed by atoms with E-state index in [4.69, 9.17) is 27.9 Å². The molecular weight excluding hydrogens is 693 g/mol. The SMILES string of the molecule is CC(C)N=C1S/C(=C/c2cc(I)c(OCc3ccc(Cl)cc3Cl)c(I)c2)C(=O)N1C(C)C. The molecule has 2 aromatic rings. The smallest absolute Gasteiger partial charge is 0.266 e. The first kappa shape index (κ1) is 26.1. The van der Waals surface area contributed by atoms with Gasteiger partial charge in [0.15, 0.2) is 5.17 Å². The highest BCUT2D eigenvalue weighted by atomic mass is 127. The zero-order valence-corrected chi connectivity index (χ0v) is 24.6. The highest BCUT2D eigenvalue weighted by Crippen LogP contribution is 2.36. The lowest BCUT2D eigenvalue weighted by Crippen LogP contribution is -2.35. The second-order valence-electron chi connectivity index (χ2n) is 7.72. The molecule has 1 aliphatic heterocycles. The number of amides is 1. The van der Waals surface area contributed by atoms with Crippen LogP contribution in [0.2, 0.25) is 10.0 Å². The quantitative estimate of drug-likeness (QED) is 0.226. The number of carbonyl (C=O) groups is 1. The standard InChI is InChI=1S/C23H22Cl2I2N2O2S/c1-12(2)28-23-29(13(3)4)22(30)20(32-23)9-14-7-18(26)21(19(27)8-14)31-11-15-5-6-16(24)10-17(15)25/h5-10,12-13H,11H2,1-4H3/b20-9+,28-23?. The molecule has 1 aliphatic rings. The third-order valence-corrected chi connectivity index (χ3v) is 7.61. The number of thioether (sulfide) groups is 1. The molecular formula is C23H22Cl2I2N2O2S. The minimum atomic E-state index is -0.00729. The van der Waals surface area contributed by atoms with Gasteiger partial charge in [0.2, 0.25) is 0 Å². The summed E-state index contributed by atoms with van der Waals surface area (Å²) in [5.74, 6) is 0.780. The van der Waals surface area contributed by atoms with Gasteiger partial charge in [-0.25, -0.2) is 0 Å². The molecule has 0 saturated carbocycles. The third-order valence-electron chi connectivity index (χ3n) is 4.43. The van der Waals surface area contributed by atoms with Crippen LogP contribution < -0.4 is 4.74 Å². The maximum Gasteiger partial charge on any atom is 0.266 e. The van der Waals surface area contributed by atoms with Crippen LogP contribution in [0.4, 0.5) is 0 Å². The van der Waals surface area contributed by atoms with E-state index in [0.717, 1.165) is 29.2 Å². The van der Waals surface area contributed by atoms with E-state index >= 15 is 0 Å². The topological polar surface area (TPSA) is 41.9 Å². The van der Waals surface area contributed by atoms with Gasteiger partial charge in [-0.15, -0.1) is 0 Å². The summed E-state index contributed by atoms with van der Waals surface area (Å²) in [6, 6.07) is 9.57. The molecule has 9 heteroatoms. The van der Waals surface area contributed by atoms with Crippen LogP contribution in [-0.2, 0) is 11.4 Å². The molecule has 0 spiro atoms. The van der Waals surface area contributed by atoms with Gasteiger partial charge in [0.05, 0.1) is 12.0 Å². The number of aliphatic imine (C=N–C) groups is 1. The molecule has 32 heavy (non-hydrogen) atoms. The molecule has 3 rings (SSSR count). The molecule has 1 fully saturated rings. The molecule has 2 aromatic carbocycles. The van der Waals surface area contributed by atoms with Crippen LogP contribution >= 0.6 is 80.1 Å². The molecule has 0 bridgehead atoms. The van der Waals surface area contributed by atoms with E-state index in [1.165, 1.54) is 11.8 Å². The Kier molecular flexibility index (Phi) is 9.22. The second-order valence-corrected chi connectivity index (χ2v) is 11.9. The number of hydrogen-bond donors (Lipinski definition) is 0. The highest BCUT2D eigenvalue weighted by molar-refractivity contribution is 14.1. The predicted molar refractivity (Wildman–Crippen MR) is 153 cm³/mol. The Labute approximate surface area is 230 Å². The van der Waals surface area contributed by atoms with Gasteiger partial charge >= 0.3 is 0 Å². The lowest BCUT2D eigenvalue weighted by Gasteiger charge is -2.20. The van der Waals surface area contributed by atoms with Crippen LogP contribution in [0.15, 0.2) is 40.2 Å². The monoisotopic (exact) mass is 714 g/mol. The van der Waals surface area contributed by atoms with Crippen molar-refractivity contribution in [1.29, 1.82) is 0 Å². The minimum absolute atomic E-state index is 0.00729. The second kappa shape index (κ2) is 11.3. The van der Waals surface area contributed by atoms with E-state index in [1.807, 2.05) is 52.0 Å². The first-order chi connectivity index (χ1) is 15.1. The molecule has 1 heterocycles. The van der Waals surface area contributed by atoms with Gasteiger partial charge in [-0.2, -0.15) is 0 Å². The lowest BCUT2D eigenvalue weighted by molar-refractivity contribution is -0.123. The van der Waals surface area contributed by atoms with Crippen molar-refractivity contribution < 1.29 is 9.53 Å². The fourth-order valence-electron chi connectivity index (χ4n) is 2.99. The first-order valence-corrected chi connectivity index (χ1v) is 13.7. The van der Waals surface area contributed by atoms with E-state index in [2.05, 4.69) is 50.2 Å². The Balaban J connectivity index is 1.84. The number of ether oxygens (including phenoxy) is 1. The summed E-state index contributed by atoms with van der Waals surface area (Å²) in [6.45, 7) is 8.37. The normalized spacial score (nSPS) is 16.8. The van der Waals surface area contributed by atoms with Crippen LogP contribution in [0.5, 0.6) is 5.75 Å². The van der Waals surface area contributed by atoms with Gasteiger partial charge in [0.25, 0.3) is 5.91 Å². The summed E-state index contributed by atoms with van der Waals surface area (Å²) in [5, 5.41) is 1.93. The largest absolute Gasteiger partial charge is 0.487 e. The van der Waals surface area contributed by atoms with Crippen molar-refractivity contribution >= 4 is 97.3 Å². The molecule has 0 atom stereocenters. The fourth-order valence-corrected chi connectivity index (χ4v) is 6.82. The summed E-state index contributed by atoms with van der Waals surface area (Å²) < 4.78 is 7.98. The van der Waals surface area contributed by atoms with Crippen molar-refractivity contribution in [1.82, 2.24) is 4.90 Å². The summed E-state index contributed by atoms with van der Waals surface area (Å²) in [6.07, 6.45) is 1.93. The number of halogens is 4. The summed E-state index contributed by atoms with van der Waals surface area (Å²) in [7, 11) is 0. The van der Waals surface area contributed by atoms with Crippen LogP contribution in [0.25, 0.3) is 6.08 Å². The van der Waals surface area contributed by atoms with Gasteiger partial charge < -0.3 is 4.74 Å². The Hall–Kier alpha value is -0.490. The molecule has 0 radical (unpaired) electrons. The Morgan fingerprint density at radius 3 is 2.34 bits per heavy atom. The Morgan fingerprint density at radius 1 is 1.12 bits per heavy atom. The molecule has 4 nitrogen and oxygen atoms in total. The fraction of sp³-hybridized carbons (Fsp3) is 0.304. The number of rotatable bonds is 6. The zero-order chi connectivity index (χ0) is 23.6. The molecule has 0 aliphatic carbocycles. The first-order valence-electron chi connectivity index (χ1n) is 9.93. The van der Waals surface area contributed by atoms with E-state index in [0.29, 0.717) is 21.6 Å². The number of benzene rings is 2. The minimum Gasteiger partial charge on any atom is -0.487 e. The van der Waals surface area contributed by atoms with Gasteiger partial charge in [0, 0.05) is 27.7 Å². The van der Waals surface area contributed by atoms with Gasteiger partial charge in [-0.3, -0.25) is 14.7 Å². The maximum atomic E-state index is 13.0. The number of hydrogen-bond acceptors (Lipinski definition) is 4. The number of carbonyl (C=O) groups excluding carboxylic acids is 1. The van der Waals surface area contributed by atoms with Gasteiger partial charge in [0.1, 0.15) is 12.4 Å². The van der Waals surface area contributed by atoms with Crippen molar-refractivity contribution in [3.05, 3.63) is 63.5 Å². The molecule has 170 valence electrons. The Morgan fingerprint density at radius 2 is 1.78 bits per heavy atom. The Bertz CT molecular complexity index is 1080. The van der Waals surface area contributed by atoms with Crippen molar-refractivity contribution in [2.24, 2.45) is 4.99 Å². The van der Waals surface area contributed by atoms with E-state index < -0.39 is 0 Å². The summed E-state index contributed by atoms with van der Waals surface area (Å²) >= 11 is 18.2. The van der Waals surface area contributed by atoms with E-state index in [9.17, 15) is 4.79 Å². The van der Waals surface area contributed by atoms with Crippen LogP contribution in [0.1, 0.15) is 38.8 Å². The third kappa shape index (κ3) is 6.34. The number of amidine groups is 1. The average Bonchev–Trinajstić information content (AvgIpc) is 2.96. The summed E-state index contributed by atoms with van der Waals surface area (Å²) in [5.41, 5.74) is 1.81. The van der Waals surface area contributed by atoms with Crippen molar-refractivity contribution in [2.75, 3.05) is 0 Å². The average molecular weight is 715 g/mol. The van der Waals surface area contributed by atoms with Crippen molar-refractivity contribution in [3.8, 4) is 5.75 Å². The van der Waals surface area contributed by atoms with Crippen LogP contribution in [0, 0.1) is 7.14 Å². The highest BCUT2D eigenvalue weighted by Gasteiger charge is 2.35. The molecule has 1 amide bonds. The van der Waals surface area contributed by atoms with Crippen LogP contribution in [-0.4, -0.2) is 28.1 Å². The predicted octanol–water partition coefficient (Wildman–Crippen LogP) is 7.87.